The lowest BCUT2D eigenvalue weighted by molar-refractivity contribution is 0.415. The van der Waals surface area contributed by atoms with E-state index >= 15 is 0 Å². The summed E-state index contributed by atoms with van der Waals surface area (Å²) in [6, 6.07) is 9.27. The van der Waals surface area contributed by atoms with Crippen LogP contribution in [0.2, 0.25) is 0 Å². The monoisotopic (exact) mass is 206 g/mol. The van der Waals surface area contributed by atoms with E-state index in [-0.39, 0.29) is 4.99 Å². The molecule has 0 heterocycles. The van der Waals surface area contributed by atoms with Crippen LogP contribution in [0.15, 0.2) is 24.3 Å². The Hall–Kier alpha value is -1.60. The quantitative estimate of drug-likeness (QED) is 0.693. The minimum atomic E-state index is 0.246. The van der Waals surface area contributed by atoms with Gasteiger partial charge in [0.15, 0.2) is 4.99 Å². The largest absolute Gasteiger partial charge is 0.497 e. The van der Waals surface area contributed by atoms with Crippen molar-refractivity contribution < 1.29 is 4.74 Å². The van der Waals surface area contributed by atoms with E-state index in [9.17, 15) is 0 Å². The molecule has 0 aliphatic rings. The number of anilines is 1. The Balaban J connectivity index is 2.88. The molecule has 0 saturated carbocycles. The first-order chi connectivity index (χ1) is 6.69. The molecule has 0 bridgehead atoms. The summed E-state index contributed by atoms with van der Waals surface area (Å²) in [6.45, 7) is 0. The highest BCUT2D eigenvalue weighted by Gasteiger charge is 2.05. The maximum Gasteiger partial charge on any atom is 0.185 e. The fourth-order valence-corrected chi connectivity index (χ4v) is 1.10. The van der Waals surface area contributed by atoms with E-state index < -0.39 is 0 Å². The molecule has 0 N–H and O–H groups in total. The van der Waals surface area contributed by atoms with Gasteiger partial charge in [-0.05, 0) is 36.5 Å². The minimum Gasteiger partial charge on any atom is -0.497 e. The number of methoxy groups -OCH3 is 1. The van der Waals surface area contributed by atoms with E-state index in [0.717, 1.165) is 11.4 Å². The van der Waals surface area contributed by atoms with Crippen molar-refractivity contribution >= 4 is 22.9 Å². The maximum absolute atomic E-state index is 8.61. The van der Waals surface area contributed by atoms with Crippen LogP contribution in [0.5, 0.6) is 5.75 Å². The first kappa shape index (κ1) is 10.5. The Kier molecular flexibility index (Phi) is 3.43. The third kappa shape index (κ3) is 2.21. The van der Waals surface area contributed by atoms with Gasteiger partial charge in [0.05, 0.1) is 7.11 Å². The standard InChI is InChI=1S/C10H10N2OS/c1-12(10(14)7-11)8-3-5-9(13-2)6-4-8/h3-6H,1-2H3. The molecule has 14 heavy (non-hydrogen) atoms. The Morgan fingerprint density at radius 1 is 1.43 bits per heavy atom. The van der Waals surface area contributed by atoms with Gasteiger partial charge in [-0.3, -0.25) is 0 Å². The molecule has 0 aliphatic carbocycles. The van der Waals surface area contributed by atoms with Gasteiger partial charge in [-0.15, -0.1) is 0 Å². The van der Waals surface area contributed by atoms with Crippen molar-refractivity contribution in [1.82, 2.24) is 0 Å². The van der Waals surface area contributed by atoms with Crippen LogP contribution < -0.4 is 9.64 Å². The van der Waals surface area contributed by atoms with Crippen molar-refractivity contribution in [1.29, 1.82) is 5.26 Å². The van der Waals surface area contributed by atoms with Crippen molar-refractivity contribution in [2.24, 2.45) is 0 Å². The van der Waals surface area contributed by atoms with Gasteiger partial charge in [0.1, 0.15) is 11.8 Å². The van der Waals surface area contributed by atoms with Crippen LogP contribution in [0.25, 0.3) is 0 Å². The van der Waals surface area contributed by atoms with Gasteiger partial charge >= 0.3 is 0 Å². The SMILES string of the molecule is COc1ccc(N(C)C(=S)C#N)cc1. The molecule has 0 amide bonds. The molecular formula is C10H10N2OS. The molecule has 4 heteroatoms. The molecule has 72 valence electrons. The average Bonchev–Trinajstić information content (AvgIpc) is 2.27. The zero-order chi connectivity index (χ0) is 10.6. The van der Waals surface area contributed by atoms with Gasteiger partial charge in [-0.1, -0.05) is 0 Å². The topological polar surface area (TPSA) is 36.3 Å². The highest BCUT2D eigenvalue weighted by molar-refractivity contribution is 7.81. The molecule has 0 aromatic heterocycles. The Morgan fingerprint density at radius 2 is 2.00 bits per heavy atom. The van der Waals surface area contributed by atoms with E-state index in [1.165, 1.54) is 0 Å². The van der Waals surface area contributed by atoms with E-state index in [2.05, 4.69) is 0 Å². The van der Waals surface area contributed by atoms with Gasteiger partial charge in [-0.25, -0.2) is 0 Å². The highest BCUT2D eigenvalue weighted by atomic mass is 32.1. The van der Waals surface area contributed by atoms with Gasteiger partial charge in [0.25, 0.3) is 0 Å². The third-order valence-corrected chi connectivity index (χ3v) is 2.23. The van der Waals surface area contributed by atoms with Crippen LogP contribution in [-0.4, -0.2) is 19.1 Å². The molecule has 0 fully saturated rings. The number of benzene rings is 1. The van der Waals surface area contributed by atoms with Crippen LogP contribution in [0, 0.1) is 11.3 Å². The molecule has 0 atom stereocenters. The van der Waals surface area contributed by atoms with Crippen molar-refractivity contribution in [3.05, 3.63) is 24.3 Å². The van der Waals surface area contributed by atoms with Gasteiger partial charge in [0, 0.05) is 12.7 Å². The summed E-state index contributed by atoms with van der Waals surface area (Å²) in [6.07, 6.45) is 0. The summed E-state index contributed by atoms with van der Waals surface area (Å²) in [5.41, 5.74) is 0.873. The molecule has 1 aromatic rings. The second-order valence-electron chi connectivity index (χ2n) is 2.67. The third-order valence-electron chi connectivity index (χ3n) is 1.86. The Morgan fingerprint density at radius 3 is 2.43 bits per heavy atom. The molecule has 1 aromatic carbocycles. The van der Waals surface area contributed by atoms with E-state index in [0.29, 0.717) is 0 Å². The number of hydrogen-bond donors (Lipinski definition) is 0. The lowest BCUT2D eigenvalue weighted by atomic mass is 10.3. The number of nitrogens with zero attached hydrogens (tertiary/aromatic N) is 2. The Bertz CT molecular complexity index is 367. The van der Waals surface area contributed by atoms with Crippen LogP contribution in [0.1, 0.15) is 0 Å². The molecule has 0 spiro atoms. The van der Waals surface area contributed by atoms with E-state index in [1.54, 1.807) is 19.1 Å². The van der Waals surface area contributed by atoms with Crippen LogP contribution in [-0.2, 0) is 0 Å². The summed E-state index contributed by atoms with van der Waals surface area (Å²) < 4.78 is 5.02. The lowest BCUT2D eigenvalue weighted by Crippen LogP contribution is -2.22. The van der Waals surface area contributed by atoms with Gasteiger partial charge in [0.2, 0.25) is 0 Å². The molecule has 0 unspecified atom stereocenters. The minimum absolute atomic E-state index is 0.246. The smallest absolute Gasteiger partial charge is 0.185 e. The molecule has 0 radical (unpaired) electrons. The summed E-state index contributed by atoms with van der Waals surface area (Å²) in [5, 5.41) is 8.61. The first-order valence-electron chi connectivity index (χ1n) is 4.01. The fourth-order valence-electron chi connectivity index (χ4n) is 0.998. The van der Waals surface area contributed by atoms with Crippen LogP contribution in [0.3, 0.4) is 0 Å². The predicted octanol–water partition coefficient (Wildman–Crippen LogP) is 1.98. The average molecular weight is 206 g/mol. The number of thiocarbonyl (C=S) groups is 1. The zero-order valence-corrected chi connectivity index (χ0v) is 8.84. The fraction of sp³-hybridized carbons (Fsp3) is 0.200. The molecule has 0 aliphatic heterocycles. The van der Waals surface area contributed by atoms with Crippen molar-refractivity contribution in [3.63, 3.8) is 0 Å². The number of hydrogen-bond acceptors (Lipinski definition) is 3. The maximum atomic E-state index is 8.61. The predicted molar refractivity (Wildman–Crippen MR) is 59.6 cm³/mol. The number of nitriles is 1. The molecular weight excluding hydrogens is 196 g/mol. The first-order valence-corrected chi connectivity index (χ1v) is 4.41. The summed E-state index contributed by atoms with van der Waals surface area (Å²) in [4.78, 5) is 1.89. The summed E-state index contributed by atoms with van der Waals surface area (Å²) in [5.74, 6) is 0.782. The number of rotatable bonds is 2. The second-order valence-corrected chi connectivity index (χ2v) is 3.06. The zero-order valence-electron chi connectivity index (χ0n) is 8.02. The highest BCUT2D eigenvalue weighted by Crippen LogP contribution is 2.18. The van der Waals surface area contributed by atoms with Gasteiger partial charge < -0.3 is 9.64 Å². The summed E-state index contributed by atoms with van der Waals surface area (Å²) in [7, 11) is 3.37. The molecule has 3 nitrogen and oxygen atoms in total. The van der Waals surface area contributed by atoms with Crippen molar-refractivity contribution in [2.45, 2.75) is 0 Å². The van der Waals surface area contributed by atoms with Crippen LogP contribution in [0.4, 0.5) is 5.69 Å². The van der Waals surface area contributed by atoms with E-state index in [4.69, 9.17) is 22.2 Å². The lowest BCUT2D eigenvalue weighted by Gasteiger charge is -2.15. The summed E-state index contributed by atoms with van der Waals surface area (Å²) >= 11 is 4.85. The van der Waals surface area contributed by atoms with Crippen molar-refractivity contribution in [3.8, 4) is 11.8 Å². The molecule has 1 rings (SSSR count). The Labute approximate surface area is 88.5 Å². The van der Waals surface area contributed by atoms with Crippen LogP contribution >= 0.6 is 12.2 Å². The molecule has 0 saturated heterocycles. The van der Waals surface area contributed by atoms with Crippen molar-refractivity contribution in [2.75, 3.05) is 19.1 Å². The second kappa shape index (κ2) is 4.58. The normalized spacial score (nSPS) is 8.93. The van der Waals surface area contributed by atoms with Gasteiger partial charge in [-0.2, -0.15) is 5.26 Å². The van der Waals surface area contributed by atoms with E-state index in [1.807, 2.05) is 30.3 Å². The number of ether oxygens (including phenoxy) is 1.